The van der Waals surface area contributed by atoms with E-state index in [1.807, 2.05) is 6.92 Å². The van der Waals surface area contributed by atoms with E-state index in [0.717, 1.165) is 38.5 Å². The van der Waals surface area contributed by atoms with E-state index >= 15 is 0 Å². The Hall–Kier alpha value is -1.08. The Balaban J connectivity index is 4.64. The van der Waals surface area contributed by atoms with E-state index in [2.05, 4.69) is 65.8 Å². The van der Waals surface area contributed by atoms with Gasteiger partial charge in [0.05, 0.1) is 6.10 Å². The van der Waals surface area contributed by atoms with Gasteiger partial charge in [-0.05, 0) is 92.9 Å². The van der Waals surface area contributed by atoms with Gasteiger partial charge < -0.3 is 5.11 Å². The monoisotopic (exact) mass is 332 g/mol. The first kappa shape index (κ1) is 22.9. The van der Waals surface area contributed by atoms with Gasteiger partial charge in [0.2, 0.25) is 0 Å². The van der Waals surface area contributed by atoms with Crippen LogP contribution in [0.4, 0.5) is 0 Å². The first-order valence-electron chi connectivity index (χ1n) is 9.48. The van der Waals surface area contributed by atoms with Crippen molar-refractivity contribution in [1.82, 2.24) is 0 Å². The summed E-state index contributed by atoms with van der Waals surface area (Å²) < 4.78 is 0. The van der Waals surface area contributed by atoms with Gasteiger partial charge in [-0.1, -0.05) is 46.6 Å². The van der Waals surface area contributed by atoms with Crippen molar-refractivity contribution in [3.8, 4) is 0 Å². The summed E-state index contributed by atoms with van der Waals surface area (Å²) >= 11 is 0. The molecule has 0 heterocycles. The highest BCUT2D eigenvalue weighted by Gasteiger charge is 2.08. The molecule has 138 valence electrons. The smallest absolute Gasteiger partial charge is 0.0517 e. The van der Waals surface area contributed by atoms with E-state index in [9.17, 15) is 5.11 Å². The Morgan fingerprint density at radius 1 is 0.792 bits per heavy atom. The molecule has 0 aromatic heterocycles. The van der Waals surface area contributed by atoms with Crippen molar-refractivity contribution in [3.63, 3.8) is 0 Å². The Morgan fingerprint density at radius 2 is 1.29 bits per heavy atom. The Morgan fingerprint density at radius 3 is 1.75 bits per heavy atom. The van der Waals surface area contributed by atoms with Gasteiger partial charge in [0.15, 0.2) is 0 Å². The molecule has 0 rings (SSSR count). The van der Waals surface area contributed by atoms with Gasteiger partial charge in [-0.2, -0.15) is 0 Å². The minimum absolute atomic E-state index is 0.240. The largest absolute Gasteiger partial charge is 0.393 e. The summed E-state index contributed by atoms with van der Waals surface area (Å²) in [5.41, 5.74) is 5.68. The minimum atomic E-state index is -0.240. The Bertz CT molecular complexity index is 452. The number of aliphatic hydroxyl groups excluding tert-OH is 1. The molecule has 2 unspecified atom stereocenters. The van der Waals surface area contributed by atoms with Crippen LogP contribution in [-0.4, -0.2) is 11.2 Å². The first-order chi connectivity index (χ1) is 11.2. The molecule has 1 nitrogen and oxygen atoms in total. The standard InChI is InChI=1S/C23H40O/c1-18(2)10-8-12-20(5)14-15-23(17-22(7)24)16-21(6)13-9-11-19(3)4/h10-11,14,16,22-24H,8-9,12-13,15,17H2,1-7H3/b20-14+,21-16+. The fourth-order valence-electron chi connectivity index (χ4n) is 2.79. The van der Waals surface area contributed by atoms with Crippen molar-refractivity contribution >= 4 is 0 Å². The number of rotatable bonds is 11. The van der Waals surface area contributed by atoms with Crippen LogP contribution in [0.25, 0.3) is 0 Å². The summed E-state index contributed by atoms with van der Waals surface area (Å²) in [5.74, 6) is 0.440. The predicted octanol–water partition coefficient (Wildman–Crippen LogP) is 7.15. The van der Waals surface area contributed by atoms with Gasteiger partial charge in [0, 0.05) is 0 Å². The quantitative estimate of drug-likeness (QED) is 0.398. The van der Waals surface area contributed by atoms with Crippen molar-refractivity contribution in [2.75, 3.05) is 0 Å². The summed E-state index contributed by atoms with van der Waals surface area (Å²) in [4.78, 5) is 0. The molecule has 0 fully saturated rings. The van der Waals surface area contributed by atoms with Gasteiger partial charge in [0.25, 0.3) is 0 Å². The fraction of sp³-hybridized carbons (Fsp3) is 0.652. The first-order valence-corrected chi connectivity index (χ1v) is 9.48. The van der Waals surface area contributed by atoms with E-state index in [1.54, 1.807) is 0 Å². The van der Waals surface area contributed by atoms with Crippen LogP contribution in [-0.2, 0) is 0 Å². The summed E-state index contributed by atoms with van der Waals surface area (Å²) in [5, 5.41) is 9.79. The van der Waals surface area contributed by atoms with E-state index in [1.165, 1.54) is 22.3 Å². The van der Waals surface area contributed by atoms with Crippen LogP contribution in [0.5, 0.6) is 0 Å². The molecule has 0 amide bonds. The van der Waals surface area contributed by atoms with Crippen LogP contribution in [0.1, 0.15) is 87.0 Å². The van der Waals surface area contributed by atoms with Crippen LogP contribution >= 0.6 is 0 Å². The zero-order chi connectivity index (χ0) is 18.5. The molecule has 1 N–H and O–H groups in total. The lowest BCUT2D eigenvalue weighted by Crippen LogP contribution is -2.08. The van der Waals surface area contributed by atoms with Gasteiger partial charge in [-0.15, -0.1) is 0 Å². The van der Waals surface area contributed by atoms with Crippen LogP contribution < -0.4 is 0 Å². The lowest BCUT2D eigenvalue weighted by molar-refractivity contribution is 0.169. The molecular formula is C23H40O. The summed E-state index contributed by atoms with van der Waals surface area (Å²) in [7, 11) is 0. The molecule has 0 spiro atoms. The number of allylic oxidation sites excluding steroid dienone is 8. The molecule has 0 aromatic rings. The molecule has 0 aliphatic rings. The Kier molecular flexibility index (Phi) is 12.6. The molecule has 1 heteroatoms. The third-order valence-electron chi connectivity index (χ3n) is 4.12. The highest BCUT2D eigenvalue weighted by atomic mass is 16.3. The average Bonchev–Trinajstić information content (AvgIpc) is 2.43. The Labute approximate surface area is 151 Å². The molecule has 24 heavy (non-hydrogen) atoms. The highest BCUT2D eigenvalue weighted by Crippen LogP contribution is 2.20. The SMILES string of the molecule is CC(C)=CCC/C(C)=C/CC(/C=C(\C)CCC=C(C)C)CC(C)O. The maximum atomic E-state index is 9.79. The number of hydrogen-bond donors (Lipinski definition) is 1. The summed E-state index contributed by atoms with van der Waals surface area (Å²) in [6.07, 6.45) is 15.5. The van der Waals surface area contributed by atoms with Crippen molar-refractivity contribution in [2.24, 2.45) is 5.92 Å². The van der Waals surface area contributed by atoms with Crippen molar-refractivity contribution < 1.29 is 5.11 Å². The lowest BCUT2D eigenvalue weighted by Gasteiger charge is -2.15. The van der Waals surface area contributed by atoms with Crippen LogP contribution in [0.2, 0.25) is 0 Å². The zero-order valence-corrected chi connectivity index (χ0v) is 17.2. The second-order valence-corrected chi connectivity index (χ2v) is 7.78. The van der Waals surface area contributed by atoms with Crippen LogP contribution in [0.3, 0.4) is 0 Å². The average molecular weight is 333 g/mol. The molecular weight excluding hydrogens is 292 g/mol. The second kappa shape index (κ2) is 13.2. The summed E-state index contributed by atoms with van der Waals surface area (Å²) in [6, 6.07) is 0. The highest BCUT2D eigenvalue weighted by molar-refractivity contribution is 5.08. The van der Waals surface area contributed by atoms with Gasteiger partial charge in [0.1, 0.15) is 0 Å². The summed E-state index contributed by atoms with van der Waals surface area (Å²) in [6.45, 7) is 14.9. The van der Waals surface area contributed by atoms with Crippen molar-refractivity contribution in [2.45, 2.75) is 93.1 Å². The van der Waals surface area contributed by atoms with Crippen molar-refractivity contribution in [1.29, 1.82) is 0 Å². The molecule has 0 aliphatic carbocycles. The molecule has 0 radical (unpaired) electrons. The topological polar surface area (TPSA) is 20.2 Å². The number of hydrogen-bond acceptors (Lipinski definition) is 1. The van der Waals surface area contributed by atoms with Gasteiger partial charge in [-0.25, -0.2) is 0 Å². The number of aliphatic hydroxyl groups is 1. The third kappa shape index (κ3) is 14.5. The van der Waals surface area contributed by atoms with E-state index in [0.29, 0.717) is 5.92 Å². The fourth-order valence-corrected chi connectivity index (χ4v) is 2.79. The van der Waals surface area contributed by atoms with E-state index < -0.39 is 0 Å². The third-order valence-corrected chi connectivity index (χ3v) is 4.12. The predicted molar refractivity (Wildman–Crippen MR) is 109 cm³/mol. The normalized spacial score (nSPS) is 15.0. The molecule has 0 aromatic carbocycles. The molecule has 0 saturated heterocycles. The van der Waals surface area contributed by atoms with Crippen molar-refractivity contribution in [3.05, 3.63) is 46.6 Å². The molecule has 0 bridgehead atoms. The van der Waals surface area contributed by atoms with E-state index in [-0.39, 0.29) is 6.10 Å². The van der Waals surface area contributed by atoms with Crippen LogP contribution in [0, 0.1) is 5.92 Å². The second-order valence-electron chi connectivity index (χ2n) is 7.78. The maximum absolute atomic E-state index is 9.79. The van der Waals surface area contributed by atoms with Gasteiger partial charge >= 0.3 is 0 Å². The maximum Gasteiger partial charge on any atom is 0.0517 e. The van der Waals surface area contributed by atoms with E-state index in [4.69, 9.17) is 0 Å². The van der Waals surface area contributed by atoms with Gasteiger partial charge in [-0.3, -0.25) is 0 Å². The molecule has 0 aliphatic heterocycles. The molecule has 0 saturated carbocycles. The minimum Gasteiger partial charge on any atom is -0.393 e. The zero-order valence-electron chi connectivity index (χ0n) is 17.2. The lowest BCUT2D eigenvalue weighted by atomic mass is 9.93. The molecule has 2 atom stereocenters. The van der Waals surface area contributed by atoms with Crippen LogP contribution in [0.15, 0.2) is 46.6 Å².